The maximum Gasteiger partial charge on any atom is 0.279 e. The summed E-state index contributed by atoms with van der Waals surface area (Å²) in [6, 6.07) is 8.22. The van der Waals surface area contributed by atoms with Crippen LogP contribution in [0.2, 0.25) is 0 Å². The van der Waals surface area contributed by atoms with Crippen LogP contribution in [0.25, 0.3) is 0 Å². The van der Waals surface area contributed by atoms with Crippen molar-refractivity contribution in [3.63, 3.8) is 0 Å². The highest BCUT2D eigenvalue weighted by Gasteiger charge is 2.16. The number of rotatable bonds is 4. The van der Waals surface area contributed by atoms with Crippen molar-refractivity contribution in [3.8, 4) is 0 Å². The van der Waals surface area contributed by atoms with Gasteiger partial charge in [0.05, 0.1) is 12.3 Å². The molecule has 0 saturated heterocycles. The number of aromatic nitrogens is 1. The Bertz CT molecular complexity index is 715. The van der Waals surface area contributed by atoms with E-state index in [2.05, 4.69) is 25.6 Å². The molecule has 7 heteroatoms. The first-order valence-electron chi connectivity index (χ1n) is 5.77. The smallest absolute Gasteiger partial charge is 0.279 e. The van der Waals surface area contributed by atoms with Gasteiger partial charge in [-0.25, -0.2) is 4.98 Å². The number of aryl methyl sites for hydroxylation is 1. The topological polar surface area (TPSA) is 79.3 Å². The fourth-order valence-corrected chi connectivity index (χ4v) is 2.98. The zero-order valence-corrected chi connectivity index (χ0v) is 13.1. The van der Waals surface area contributed by atoms with Crippen LogP contribution in [0.3, 0.4) is 0 Å². The fourth-order valence-electron chi connectivity index (χ4n) is 1.56. The predicted octanol–water partition coefficient (Wildman–Crippen LogP) is 2.45. The zero-order valence-electron chi connectivity index (χ0n) is 10.7. The van der Waals surface area contributed by atoms with Crippen molar-refractivity contribution in [2.24, 2.45) is 0 Å². The molecule has 20 heavy (non-hydrogen) atoms. The van der Waals surface area contributed by atoms with Gasteiger partial charge < -0.3 is 5.11 Å². The van der Waals surface area contributed by atoms with Gasteiger partial charge in [0.1, 0.15) is 0 Å². The number of pyridine rings is 1. The molecule has 0 bridgehead atoms. The van der Waals surface area contributed by atoms with Crippen molar-refractivity contribution in [3.05, 3.63) is 52.1 Å². The molecule has 0 aliphatic carbocycles. The van der Waals surface area contributed by atoms with Crippen LogP contribution >= 0.6 is 15.9 Å². The number of sulfonamides is 1. The summed E-state index contributed by atoms with van der Waals surface area (Å²) in [7, 11) is -3.74. The summed E-state index contributed by atoms with van der Waals surface area (Å²) in [5, 5.41) is 8.83. The molecule has 5 nitrogen and oxygen atoms in total. The zero-order chi connectivity index (χ0) is 14.8. The molecule has 0 radical (unpaired) electrons. The van der Waals surface area contributed by atoms with E-state index < -0.39 is 10.0 Å². The fraction of sp³-hybridized carbons (Fsp3) is 0.154. The van der Waals surface area contributed by atoms with Gasteiger partial charge in [0, 0.05) is 10.7 Å². The van der Waals surface area contributed by atoms with Gasteiger partial charge in [-0.2, -0.15) is 8.42 Å². The molecule has 0 spiro atoms. The molecular formula is C13H13BrN2O3S. The van der Waals surface area contributed by atoms with E-state index in [0.717, 1.165) is 10.0 Å². The quantitative estimate of drug-likeness (QED) is 0.881. The predicted molar refractivity (Wildman–Crippen MR) is 79.8 cm³/mol. The second-order valence-electron chi connectivity index (χ2n) is 4.23. The van der Waals surface area contributed by atoms with Gasteiger partial charge in [0.25, 0.3) is 10.0 Å². The Labute approximate surface area is 125 Å². The lowest BCUT2D eigenvalue weighted by atomic mass is 10.2. The molecule has 0 amide bonds. The summed E-state index contributed by atoms with van der Waals surface area (Å²) in [6.45, 7) is 1.64. The van der Waals surface area contributed by atoms with Crippen molar-refractivity contribution in [2.75, 3.05) is 4.72 Å². The molecular weight excluding hydrogens is 344 g/mol. The number of aliphatic hydroxyl groups is 1. The van der Waals surface area contributed by atoms with Crippen molar-refractivity contribution in [1.82, 2.24) is 4.98 Å². The minimum absolute atomic E-state index is 0.0888. The van der Waals surface area contributed by atoms with Gasteiger partial charge in [-0.05, 0) is 36.2 Å². The van der Waals surface area contributed by atoms with Crippen LogP contribution in [0.15, 0.2) is 46.0 Å². The van der Waals surface area contributed by atoms with Gasteiger partial charge in [-0.3, -0.25) is 4.72 Å². The minimum Gasteiger partial charge on any atom is -0.392 e. The number of hydrogen-bond donors (Lipinski definition) is 2. The highest BCUT2D eigenvalue weighted by molar-refractivity contribution is 9.10. The molecule has 1 aromatic heterocycles. The van der Waals surface area contributed by atoms with Crippen LogP contribution in [0.4, 0.5) is 5.69 Å². The van der Waals surface area contributed by atoms with Crippen molar-refractivity contribution in [2.45, 2.75) is 18.6 Å². The van der Waals surface area contributed by atoms with Gasteiger partial charge >= 0.3 is 0 Å². The molecule has 0 saturated carbocycles. The van der Waals surface area contributed by atoms with Crippen molar-refractivity contribution < 1.29 is 13.5 Å². The molecule has 2 N–H and O–H groups in total. The van der Waals surface area contributed by atoms with E-state index in [1.807, 2.05) is 19.1 Å². The summed E-state index contributed by atoms with van der Waals surface area (Å²) in [4.78, 5) is 3.85. The Morgan fingerprint density at radius 3 is 2.65 bits per heavy atom. The molecule has 1 aromatic carbocycles. The Morgan fingerprint density at radius 1 is 1.30 bits per heavy atom. The maximum absolute atomic E-state index is 12.2. The number of nitrogens with zero attached hydrogens (tertiary/aromatic N) is 1. The SMILES string of the molecule is Cc1ccc(Br)cc1NS(=O)(=O)c1ccc(CO)cn1. The van der Waals surface area contributed by atoms with Crippen LogP contribution < -0.4 is 4.72 Å². The first-order chi connectivity index (χ1) is 9.42. The third-order valence-corrected chi connectivity index (χ3v) is 4.47. The van der Waals surface area contributed by atoms with E-state index in [1.54, 1.807) is 6.07 Å². The lowest BCUT2D eigenvalue weighted by molar-refractivity contribution is 0.281. The van der Waals surface area contributed by atoms with Crippen LogP contribution in [0.5, 0.6) is 0 Å². The molecule has 2 aromatic rings. The van der Waals surface area contributed by atoms with Crippen LogP contribution in [0.1, 0.15) is 11.1 Å². The Kier molecular flexibility index (Phi) is 4.42. The number of anilines is 1. The minimum atomic E-state index is -3.74. The van der Waals surface area contributed by atoms with Crippen LogP contribution in [0, 0.1) is 6.92 Å². The second kappa shape index (κ2) is 5.90. The van der Waals surface area contributed by atoms with E-state index in [9.17, 15) is 8.42 Å². The summed E-state index contributed by atoms with van der Waals surface area (Å²) < 4.78 is 27.7. The summed E-state index contributed by atoms with van der Waals surface area (Å²) >= 11 is 3.30. The Balaban J connectivity index is 2.32. The number of aliphatic hydroxyl groups excluding tert-OH is 1. The molecule has 2 rings (SSSR count). The Hall–Kier alpha value is -1.44. The lowest BCUT2D eigenvalue weighted by Crippen LogP contribution is -2.15. The van der Waals surface area contributed by atoms with E-state index >= 15 is 0 Å². The third kappa shape index (κ3) is 3.36. The standard InChI is InChI=1S/C13H13BrN2O3S/c1-9-2-4-11(14)6-12(9)16-20(18,19)13-5-3-10(8-17)7-15-13/h2-7,16-17H,8H2,1H3. The first kappa shape index (κ1) is 15.0. The number of halogens is 1. The second-order valence-corrected chi connectivity index (χ2v) is 6.77. The monoisotopic (exact) mass is 356 g/mol. The van der Waals surface area contributed by atoms with Crippen molar-refractivity contribution >= 4 is 31.6 Å². The normalized spacial score (nSPS) is 11.3. The average molecular weight is 357 g/mol. The molecule has 0 aliphatic heterocycles. The highest BCUT2D eigenvalue weighted by Crippen LogP contribution is 2.23. The van der Waals surface area contributed by atoms with E-state index in [4.69, 9.17) is 5.11 Å². The van der Waals surface area contributed by atoms with Gasteiger partial charge in [-0.15, -0.1) is 0 Å². The van der Waals surface area contributed by atoms with Crippen LogP contribution in [-0.4, -0.2) is 18.5 Å². The highest BCUT2D eigenvalue weighted by atomic mass is 79.9. The van der Waals surface area contributed by atoms with Gasteiger partial charge in [0.15, 0.2) is 5.03 Å². The largest absolute Gasteiger partial charge is 0.392 e. The van der Waals surface area contributed by atoms with Crippen molar-refractivity contribution in [1.29, 1.82) is 0 Å². The van der Waals surface area contributed by atoms with Gasteiger partial charge in [0.2, 0.25) is 0 Å². The number of benzene rings is 1. The molecule has 106 valence electrons. The number of nitrogens with one attached hydrogen (secondary N) is 1. The van der Waals surface area contributed by atoms with E-state index in [0.29, 0.717) is 11.3 Å². The number of hydrogen-bond acceptors (Lipinski definition) is 4. The first-order valence-corrected chi connectivity index (χ1v) is 8.05. The summed E-state index contributed by atoms with van der Waals surface area (Å²) in [6.07, 6.45) is 1.34. The summed E-state index contributed by atoms with van der Waals surface area (Å²) in [5.41, 5.74) is 1.86. The molecule has 0 aliphatic rings. The molecule has 0 unspecified atom stereocenters. The van der Waals surface area contributed by atoms with Crippen LogP contribution in [-0.2, 0) is 16.6 Å². The molecule has 1 heterocycles. The Morgan fingerprint density at radius 2 is 2.05 bits per heavy atom. The van der Waals surface area contributed by atoms with E-state index in [-0.39, 0.29) is 11.6 Å². The molecule has 0 fully saturated rings. The van der Waals surface area contributed by atoms with Gasteiger partial charge in [-0.1, -0.05) is 28.1 Å². The molecule has 0 atom stereocenters. The third-order valence-electron chi connectivity index (χ3n) is 2.70. The maximum atomic E-state index is 12.2. The lowest BCUT2D eigenvalue weighted by Gasteiger charge is -2.10. The summed E-state index contributed by atoms with van der Waals surface area (Å²) in [5.74, 6) is 0. The average Bonchev–Trinajstić information content (AvgIpc) is 2.43. The van der Waals surface area contributed by atoms with E-state index in [1.165, 1.54) is 18.3 Å².